The van der Waals surface area contributed by atoms with E-state index in [-0.39, 0.29) is 36.3 Å². The van der Waals surface area contributed by atoms with E-state index in [1.54, 1.807) is 36.3 Å². The van der Waals surface area contributed by atoms with Gasteiger partial charge in [0.05, 0.1) is 30.4 Å². The first-order valence-corrected chi connectivity index (χ1v) is 15.3. The van der Waals surface area contributed by atoms with E-state index in [1.165, 1.54) is 4.31 Å². The van der Waals surface area contributed by atoms with Gasteiger partial charge in [0.15, 0.2) is 0 Å². The molecule has 1 aromatic heterocycles. The first-order chi connectivity index (χ1) is 19.2. The molecule has 212 valence electrons. The highest BCUT2D eigenvalue weighted by atomic mass is 79.9. The highest BCUT2D eigenvalue weighted by molar-refractivity contribution is 9.10. The number of rotatable bonds is 9. The molecule has 0 radical (unpaired) electrons. The van der Waals surface area contributed by atoms with Gasteiger partial charge in [0, 0.05) is 71.6 Å². The number of aromatic nitrogens is 1. The molecule has 3 heterocycles. The van der Waals surface area contributed by atoms with Gasteiger partial charge in [-0.1, -0.05) is 15.9 Å². The first kappa shape index (κ1) is 28.5. The molecule has 1 N–H and O–H groups in total. The molecule has 2 aliphatic heterocycles. The van der Waals surface area contributed by atoms with Crippen LogP contribution in [0.15, 0.2) is 52.0 Å². The molecule has 0 atom stereocenters. The molecule has 0 aliphatic carbocycles. The lowest BCUT2D eigenvalue weighted by Crippen LogP contribution is -2.40. The van der Waals surface area contributed by atoms with Crippen LogP contribution in [0.25, 0.3) is 22.6 Å². The number of hydrogen-bond acceptors (Lipinski definition) is 6. The van der Waals surface area contributed by atoms with E-state index in [0.717, 1.165) is 20.9 Å². The molecule has 0 spiro atoms. The van der Waals surface area contributed by atoms with Gasteiger partial charge in [0.25, 0.3) is 5.91 Å². The van der Waals surface area contributed by atoms with Crippen LogP contribution in [-0.2, 0) is 35.6 Å². The number of benzene rings is 2. The lowest BCUT2D eigenvalue weighted by Gasteiger charge is -2.26. The zero-order chi connectivity index (χ0) is 28.4. The molecule has 0 saturated carbocycles. The van der Waals surface area contributed by atoms with Crippen LogP contribution >= 0.6 is 15.9 Å². The van der Waals surface area contributed by atoms with E-state index in [1.807, 2.05) is 35.9 Å². The van der Waals surface area contributed by atoms with Crippen LogP contribution in [-0.4, -0.2) is 82.2 Å². The number of methoxy groups -OCH3 is 1. The van der Waals surface area contributed by atoms with E-state index in [9.17, 15) is 18.0 Å². The molecule has 5 rings (SSSR count). The quantitative estimate of drug-likeness (QED) is 0.287. The van der Waals surface area contributed by atoms with Gasteiger partial charge in [0.2, 0.25) is 15.9 Å². The maximum atomic E-state index is 13.6. The summed E-state index contributed by atoms with van der Waals surface area (Å²) >= 11 is 3.53. The molecule has 10 nitrogen and oxygen atoms in total. The number of hydrogen-bond donors (Lipinski definition) is 1. The standard InChI is InChI=1S/C28H31BrN4O6S/c1-3-33-26-7-5-21(40(36,37)32-9-12-39-13-10-32)16-23(26)24(28(33)35)14-19-17-31(18-27(34)30-8-11-38-2)25-6-4-20(29)15-22(19)25/h4-7,14-17H,3,8-13,18H2,1-2H3,(H,30,34)/b24-14-. The second-order valence-corrected chi connectivity index (χ2v) is 12.4. The Balaban J connectivity index is 1.57. The second-order valence-electron chi connectivity index (χ2n) is 9.52. The monoisotopic (exact) mass is 630 g/mol. The molecular weight excluding hydrogens is 600 g/mol. The van der Waals surface area contributed by atoms with Crippen molar-refractivity contribution in [2.45, 2.75) is 18.4 Å². The molecule has 1 fully saturated rings. The predicted octanol–water partition coefficient (Wildman–Crippen LogP) is 3.09. The molecule has 0 unspecified atom stereocenters. The molecule has 40 heavy (non-hydrogen) atoms. The SMILES string of the molecule is CCN1C(=O)/C(=C\c2cn(CC(=O)NCCOC)c3ccc(Br)cc23)c2cc(S(=O)(=O)N3CCOCC3)ccc21. The summed E-state index contributed by atoms with van der Waals surface area (Å²) in [6, 6.07) is 10.6. The number of likely N-dealkylation sites (N-methyl/N-ethyl adjacent to an activating group) is 1. The number of carbonyl (C=O) groups excluding carboxylic acids is 2. The van der Waals surface area contributed by atoms with Crippen molar-refractivity contribution in [3.8, 4) is 0 Å². The van der Waals surface area contributed by atoms with Crippen molar-refractivity contribution in [2.75, 3.05) is 58.0 Å². The van der Waals surface area contributed by atoms with E-state index in [2.05, 4.69) is 21.2 Å². The van der Waals surface area contributed by atoms with Crippen molar-refractivity contribution in [3.05, 3.63) is 58.2 Å². The number of nitrogens with one attached hydrogen (secondary N) is 1. The van der Waals surface area contributed by atoms with Gasteiger partial charge in [-0.25, -0.2) is 8.42 Å². The molecule has 0 bridgehead atoms. The molecule has 2 amide bonds. The number of amides is 2. The van der Waals surface area contributed by atoms with Gasteiger partial charge in [-0.05, 0) is 49.4 Å². The summed E-state index contributed by atoms with van der Waals surface area (Å²) in [5, 5.41) is 3.69. The summed E-state index contributed by atoms with van der Waals surface area (Å²) in [6.07, 6.45) is 3.63. The average molecular weight is 632 g/mol. The van der Waals surface area contributed by atoms with Crippen molar-refractivity contribution in [3.63, 3.8) is 0 Å². The summed E-state index contributed by atoms with van der Waals surface area (Å²) in [5.74, 6) is -0.361. The zero-order valence-electron chi connectivity index (χ0n) is 22.4. The minimum absolute atomic E-state index is 0.0958. The number of morpholine rings is 1. The van der Waals surface area contributed by atoms with Crippen molar-refractivity contribution in [1.29, 1.82) is 0 Å². The fourth-order valence-electron chi connectivity index (χ4n) is 5.09. The highest BCUT2D eigenvalue weighted by Crippen LogP contribution is 2.40. The molecule has 2 aromatic carbocycles. The van der Waals surface area contributed by atoms with Crippen LogP contribution in [0, 0.1) is 0 Å². The van der Waals surface area contributed by atoms with E-state index >= 15 is 0 Å². The number of carbonyl (C=O) groups is 2. The smallest absolute Gasteiger partial charge is 0.258 e. The Kier molecular flexibility index (Phi) is 8.43. The summed E-state index contributed by atoms with van der Waals surface area (Å²) < 4.78 is 41.2. The largest absolute Gasteiger partial charge is 0.383 e. The van der Waals surface area contributed by atoms with Crippen molar-refractivity contribution >= 4 is 66.0 Å². The van der Waals surface area contributed by atoms with Gasteiger partial charge < -0.3 is 24.3 Å². The van der Waals surface area contributed by atoms with Gasteiger partial charge in [-0.3, -0.25) is 9.59 Å². The average Bonchev–Trinajstić information content (AvgIpc) is 3.42. The fraction of sp³-hybridized carbons (Fsp3) is 0.357. The van der Waals surface area contributed by atoms with Crippen molar-refractivity contribution in [2.24, 2.45) is 0 Å². The normalized spacial score (nSPS) is 17.1. The zero-order valence-corrected chi connectivity index (χ0v) is 24.8. The summed E-state index contributed by atoms with van der Waals surface area (Å²) in [4.78, 5) is 27.9. The number of nitrogens with zero attached hydrogens (tertiary/aromatic N) is 3. The van der Waals surface area contributed by atoms with E-state index in [4.69, 9.17) is 9.47 Å². The lowest BCUT2D eigenvalue weighted by atomic mass is 10.0. The Hall–Kier alpha value is -3.03. The fourth-order valence-corrected chi connectivity index (χ4v) is 6.88. The number of halogens is 1. The minimum Gasteiger partial charge on any atom is -0.383 e. The Bertz CT molecular complexity index is 1590. The number of sulfonamides is 1. The maximum absolute atomic E-state index is 13.6. The number of ether oxygens (including phenoxy) is 2. The summed E-state index contributed by atoms with van der Waals surface area (Å²) in [6.45, 7) is 4.51. The maximum Gasteiger partial charge on any atom is 0.258 e. The molecule has 12 heteroatoms. The van der Waals surface area contributed by atoms with Gasteiger partial charge in [-0.2, -0.15) is 4.31 Å². The molecule has 2 aliphatic rings. The van der Waals surface area contributed by atoms with Crippen molar-refractivity contribution < 1.29 is 27.5 Å². The van der Waals surface area contributed by atoms with Crippen LogP contribution in [0.4, 0.5) is 5.69 Å². The first-order valence-electron chi connectivity index (χ1n) is 13.0. The third-order valence-corrected chi connectivity index (χ3v) is 9.45. The van der Waals surface area contributed by atoms with E-state index in [0.29, 0.717) is 49.7 Å². The Morgan fingerprint density at radius 2 is 1.95 bits per heavy atom. The number of fused-ring (bicyclic) bond motifs is 2. The van der Waals surface area contributed by atoms with Gasteiger partial charge in [0.1, 0.15) is 6.54 Å². The predicted molar refractivity (Wildman–Crippen MR) is 156 cm³/mol. The summed E-state index contributed by atoms with van der Waals surface area (Å²) in [7, 11) is -2.17. The van der Waals surface area contributed by atoms with Crippen LogP contribution in [0.2, 0.25) is 0 Å². The summed E-state index contributed by atoms with van der Waals surface area (Å²) in [5.41, 5.74) is 3.21. The molecular formula is C28H31BrN4O6S. The Labute approximate surface area is 241 Å². The Morgan fingerprint density at radius 1 is 1.18 bits per heavy atom. The Morgan fingerprint density at radius 3 is 2.67 bits per heavy atom. The van der Waals surface area contributed by atoms with Gasteiger partial charge >= 0.3 is 0 Å². The third kappa shape index (κ3) is 5.46. The second kappa shape index (κ2) is 11.8. The number of anilines is 1. The molecule has 3 aromatic rings. The topological polar surface area (TPSA) is 110 Å². The third-order valence-electron chi connectivity index (χ3n) is 7.06. The molecule has 1 saturated heterocycles. The highest BCUT2D eigenvalue weighted by Gasteiger charge is 2.34. The van der Waals surface area contributed by atoms with Crippen LogP contribution in [0.1, 0.15) is 18.1 Å². The van der Waals surface area contributed by atoms with E-state index < -0.39 is 10.0 Å². The van der Waals surface area contributed by atoms with Crippen LogP contribution in [0.5, 0.6) is 0 Å². The minimum atomic E-state index is -3.75. The van der Waals surface area contributed by atoms with Crippen LogP contribution < -0.4 is 10.2 Å². The lowest BCUT2D eigenvalue weighted by molar-refractivity contribution is -0.121. The van der Waals surface area contributed by atoms with Gasteiger partial charge in [-0.15, -0.1) is 0 Å². The van der Waals surface area contributed by atoms with Crippen molar-refractivity contribution in [1.82, 2.24) is 14.2 Å². The van der Waals surface area contributed by atoms with Crippen LogP contribution in [0.3, 0.4) is 0 Å².